The molecule has 2 unspecified atom stereocenters. The van der Waals surface area contributed by atoms with Crippen LogP contribution < -0.4 is 5.32 Å². The van der Waals surface area contributed by atoms with Gasteiger partial charge < -0.3 is 5.32 Å². The zero-order chi connectivity index (χ0) is 14.8. The van der Waals surface area contributed by atoms with Gasteiger partial charge in [0.05, 0.1) is 21.1 Å². The number of fused-ring (bicyclic) bond motifs is 1. The second kappa shape index (κ2) is 5.98. The lowest BCUT2D eigenvalue weighted by molar-refractivity contribution is -0.126. The first-order valence-electron chi connectivity index (χ1n) is 7.46. The minimum Gasteiger partial charge on any atom is -0.354 e. The van der Waals surface area contributed by atoms with Crippen LogP contribution in [0.1, 0.15) is 37.6 Å². The molecule has 0 saturated heterocycles. The molecule has 2 atom stereocenters. The molecule has 0 spiro atoms. The number of benzene rings is 1. The molecule has 21 heavy (non-hydrogen) atoms. The molecule has 1 N–H and O–H groups in total. The summed E-state index contributed by atoms with van der Waals surface area (Å²) in [7, 11) is 0. The molecule has 2 aromatic rings. The Balaban J connectivity index is 1.90. The van der Waals surface area contributed by atoms with Gasteiger partial charge in [-0.05, 0) is 38.8 Å². The second-order valence-electron chi connectivity index (χ2n) is 5.84. The Hall–Kier alpha value is -1.68. The van der Waals surface area contributed by atoms with E-state index in [1.165, 1.54) is 4.70 Å². The summed E-state index contributed by atoms with van der Waals surface area (Å²) in [5.74, 6) is 0.350. The van der Waals surface area contributed by atoms with Gasteiger partial charge in [-0.15, -0.1) is 11.3 Å². The Bertz CT molecular complexity index is 641. The number of para-hydroxylation sites is 1. The number of nitrogens with zero attached hydrogens (tertiary/aromatic N) is 1. The number of thiazole rings is 1. The van der Waals surface area contributed by atoms with Crippen LogP contribution >= 0.6 is 11.3 Å². The predicted molar refractivity (Wildman–Crippen MR) is 87.5 cm³/mol. The van der Waals surface area contributed by atoms with Crippen LogP contribution in [0.15, 0.2) is 36.4 Å². The summed E-state index contributed by atoms with van der Waals surface area (Å²) >= 11 is 1.72. The Kier molecular flexibility index (Phi) is 4.06. The predicted octanol–water partition coefficient (Wildman–Crippen LogP) is 3.87. The first-order chi connectivity index (χ1) is 10.1. The van der Waals surface area contributed by atoms with E-state index in [1.807, 2.05) is 32.0 Å². The highest BCUT2D eigenvalue weighted by molar-refractivity contribution is 7.18. The largest absolute Gasteiger partial charge is 0.354 e. The first-order valence-corrected chi connectivity index (χ1v) is 8.27. The number of hydrogen-bond donors (Lipinski definition) is 1. The van der Waals surface area contributed by atoms with Gasteiger partial charge in [0.15, 0.2) is 0 Å². The van der Waals surface area contributed by atoms with E-state index in [1.54, 1.807) is 11.3 Å². The normalized spacial score (nSPS) is 21.9. The van der Waals surface area contributed by atoms with E-state index in [0.717, 1.165) is 23.4 Å². The van der Waals surface area contributed by atoms with E-state index in [2.05, 4.69) is 23.5 Å². The summed E-state index contributed by atoms with van der Waals surface area (Å²) in [5, 5.41) is 4.14. The van der Waals surface area contributed by atoms with Crippen LogP contribution in [0.25, 0.3) is 10.2 Å². The van der Waals surface area contributed by atoms with Crippen molar-refractivity contribution in [2.75, 3.05) is 0 Å². The van der Waals surface area contributed by atoms with Crippen LogP contribution in [-0.4, -0.2) is 16.9 Å². The molecule has 1 aromatic heterocycles. The maximum absolute atomic E-state index is 12.4. The van der Waals surface area contributed by atoms with Crippen LogP contribution in [-0.2, 0) is 4.79 Å². The average molecular weight is 300 g/mol. The van der Waals surface area contributed by atoms with Crippen LogP contribution in [0.4, 0.5) is 0 Å². The SMILES string of the molecule is CC(C)NC(=O)C1CC=CCC1c1nc2ccccc2s1. The number of amides is 1. The summed E-state index contributed by atoms with van der Waals surface area (Å²) < 4.78 is 1.20. The fraction of sp³-hybridized carbons (Fsp3) is 0.412. The molecule has 0 saturated carbocycles. The van der Waals surface area contributed by atoms with Gasteiger partial charge in [0, 0.05) is 12.0 Å². The number of carbonyl (C=O) groups is 1. The van der Waals surface area contributed by atoms with E-state index in [-0.39, 0.29) is 23.8 Å². The highest BCUT2D eigenvalue weighted by Crippen LogP contribution is 2.38. The number of allylic oxidation sites excluding steroid dienone is 2. The molecular weight excluding hydrogens is 280 g/mol. The minimum atomic E-state index is -0.00189. The van der Waals surface area contributed by atoms with Crippen molar-refractivity contribution >= 4 is 27.5 Å². The van der Waals surface area contributed by atoms with Gasteiger partial charge in [0.1, 0.15) is 0 Å². The molecule has 1 amide bonds. The number of aromatic nitrogens is 1. The van der Waals surface area contributed by atoms with Gasteiger partial charge in [-0.25, -0.2) is 4.98 Å². The Morgan fingerprint density at radius 1 is 1.29 bits per heavy atom. The lowest BCUT2D eigenvalue weighted by Crippen LogP contribution is -2.38. The topological polar surface area (TPSA) is 42.0 Å². The summed E-state index contributed by atoms with van der Waals surface area (Å²) in [6, 6.07) is 8.36. The van der Waals surface area contributed by atoms with Crippen molar-refractivity contribution in [1.29, 1.82) is 0 Å². The highest BCUT2D eigenvalue weighted by atomic mass is 32.1. The van der Waals surface area contributed by atoms with E-state index in [9.17, 15) is 4.79 Å². The summed E-state index contributed by atoms with van der Waals surface area (Å²) in [6.45, 7) is 4.01. The van der Waals surface area contributed by atoms with E-state index in [0.29, 0.717) is 0 Å². The van der Waals surface area contributed by atoms with Crippen molar-refractivity contribution in [3.63, 3.8) is 0 Å². The maximum atomic E-state index is 12.4. The highest BCUT2D eigenvalue weighted by Gasteiger charge is 2.32. The zero-order valence-corrected chi connectivity index (χ0v) is 13.2. The van der Waals surface area contributed by atoms with Gasteiger partial charge in [-0.2, -0.15) is 0 Å². The average Bonchev–Trinajstić information content (AvgIpc) is 2.90. The Morgan fingerprint density at radius 3 is 2.81 bits per heavy atom. The smallest absolute Gasteiger partial charge is 0.224 e. The van der Waals surface area contributed by atoms with Crippen molar-refractivity contribution in [2.45, 2.75) is 38.6 Å². The maximum Gasteiger partial charge on any atom is 0.224 e. The van der Waals surface area contributed by atoms with Gasteiger partial charge >= 0.3 is 0 Å². The summed E-state index contributed by atoms with van der Waals surface area (Å²) in [4.78, 5) is 17.2. The number of rotatable bonds is 3. The fourth-order valence-corrected chi connectivity index (χ4v) is 3.96. The molecule has 0 aliphatic heterocycles. The third kappa shape index (κ3) is 3.00. The number of nitrogens with one attached hydrogen (secondary N) is 1. The molecule has 1 heterocycles. The van der Waals surface area contributed by atoms with Gasteiger partial charge in [-0.3, -0.25) is 4.79 Å². The molecule has 0 fully saturated rings. The Morgan fingerprint density at radius 2 is 2.05 bits per heavy atom. The van der Waals surface area contributed by atoms with Gasteiger partial charge in [-0.1, -0.05) is 24.3 Å². The monoisotopic (exact) mass is 300 g/mol. The molecule has 1 aliphatic carbocycles. The standard InChI is InChI=1S/C17H20N2OS/c1-11(2)18-16(20)12-7-3-4-8-13(12)17-19-14-9-5-6-10-15(14)21-17/h3-6,9-13H,7-8H2,1-2H3,(H,18,20). The molecule has 1 aromatic carbocycles. The molecule has 3 nitrogen and oxygen atoms in total. The van der Waals surface area contributed by atoms with Gasteiger partial charge in [0.2, 0.25) is 5.91 Å². The Labute approximate surface area is 129 Å². The van der Waals surface area contributed by atoms with E-state index < -0.39 is 0 Å². The lowest BCUT2D eigenvalue weighted by Gasteiger charge is -2.26. The third-order valence-corrected chi connectivity index (χ3v) is 5.00. The van der Waals surface area contributed by atoms with Crippen molar-refractivity contribution in [2.24, 2.45) is 5.92 Å². The van der Waals surface area contributed by atoms with Crippen LogP contribution in [0.5, 0.6) is 0 Å². The van der Waals surface area contributed by atoms with Crippen molar-refractivity contribution < 1.29 is 4.79 Å². The zero-order valence-electron chi connectivity index (χ0n) is 12.4. The molecular formula is C17H20N2OS. The van der Waals surface area contributed by atoms with Crippen molar-refractivity contribution in [3.05, 3.63) is 41.4 Å². The van der Waals surface area contributed by atoms with E-state index in [4.69, 9.17) is 4.98 Å². The number of hydrogen-bond acceptors (Lipinski definition) is 3. The summed E-state index contributed by atoms with van der Waals surface area (Å²) in [5.41, 5.74) is 1.04. The summed E-state index contributed by atoms with van der Waals surface area (Å²) in [6.07, 6.45) is 6.00. The van der Waals surface area contributed by atoms with Crippen LogP contribution in [0.2, 0.25) is 0 Å². The van der Waals surface area contributed by atoms with E-state index >= 15 is 0 Å². The molecule has 3 rings (SSSR count). The number of carbonyl (C=O) groups excluding carboxylic acids is 1. The lowest BCUT2D eigenvalue weighted by atomic mass is 9.82. The van der Waals surface area contributed by atoms with Crippen molar-refractivity contribution in [3.8, 4) is 0 Å². The molecule has 0 radical (unpaired) electrons. The first kappa shape index (κ1) is 14.3. The van der Waals surface area contributed by atoms with Crippen LogP contribution in [0.3, 0.4) is 0 Å². The quantitative estimate of drug-likeness (QED) is 0.874. The molecule has 1 aliphatic rings. The van der Waals surface area contributed by atoms with Crippen molar-refractivity contribution in [1.82, 2.24) is 10.3 Å². The van der Waals surface area contributed by atoms with Crippen LogP contribution in [0, 0.1) is 5.92 Å². The fourth-order valence-electron chi connectivity index (χ4n) is 2.82. The van der Waals surface area contributed by atoms with Gasteiger partial charge in [0.25, 0.3) is 0 Å². The third-order valence-electron chi connectivity index (χ3n) is 3.83. The second-order valence-corrected chi connectivity index (χ2v) is 6.90. The molecule has 0 bridgehead atoms. The molecule has 110 valence electrons. The molecule has 4 heteroatoms. The minimum absolute atomic E-state index is 0.00189.